The second-order valence-corrected chi connectivity index (χ2v) is 2.93. The van der Waals surface area contributed by atoms with Crippen LogP contribution in [0.3, 0.4) is 0 Å². The molecule has 0 saturated heterocycles. The molecule has 0 saturated carbocycles. The highest BCUT2D eigenvalue weighted by molar-refractivity contribution is 5.68. The van der Waals surface area contributed by atoms with Crippen LogP contribution in [0.25, 0.3) is 0 Å². The molecule has 0 spiro atoms. The Morgan fingerprint density at radius 2 is 2.00 bits per heavy atom. The van der Waals surface area contributed by atoms with Crippen LogP contribution in [0.5, 0.6) is 5.75 Å². The molecule has 3 heteroatoms. The summed E-state index contributed by atoms with van der Waals surface area (Å²) in [6.45, 7) is 3.46. The van der Waals surface area contributed by atoms with Gasteiger partial charge in [-0.3, -0.25) is 0 Å². The van der Waals surface area contributed by atoms with Gasteiger partial charge in [0.2, 0.25) is 0 Å². The van der Waals surface area contributed by atoms with Crippen LogP contribution in [0.4, 0.5) is 0 Å². The second-order valence-electron chi connectivity index (χ2n) is 2.93. The van der Waals surface area contributed by atoms with Gasteiger partial charge < -0.3 is 9.84 Å². The third kappa shape index (κ3) is 3.47. The van der Waals surface area contributed by atoms with Crippen molar-refractivity contribution in [3.63, 3.8) is 0 Å². The van der Waals surface area contributed by atoms with Gasteiger partial charge in [0.05, 0.1) is 0 Å². The van der Waals surface area contributed by atoms with E-state index in [1.165, 1.54) is 5.56 Å². The predicted octanol–water partition coefficient (Wildman–Crippen LogP) is 1.92. The zero-order valence-corrected chi connectivity index (χ0v) is 7.90. The molecule has 0 bridgehead atoms. The number of rotatable bonds is 5. The van der Waals surface area contributed by atoms with Crippen LogP contribution < -0.4 is 4.74 Å². The molecular weight excluding hydrogens is 180 g/mol. The average Bonchev–Trinajstić information content (AvgIpc) is 2.17. The number of carbonyl (C=O) groups is 1. The van der Waals surface area contributed by atoms with Crippen LogP contribution in [-0.4, -0.2) is 17.7 Å². The largest absolute Gasteiger partial charge is 0.482 e. The van der Waals surface area contributed by atoms with E-state index in [2.05, 4.69) is 6.92 Å². The molecule has 0 aliphatic rings. The molecule has 0 atom stereocenters. The smallest absolute Gasteiger partial charge is 0.341 e. The topological polar surface area (TPSA) is 46.5 Å². The van der Waals surface area contributed by atoms with Gasteiger partial charge in [-0.1, -0.05) is 19.1 Å². The van der Waals surface area contributed by atoms with Crippen molar-refractivity contribution in [1.29, 1.82) is 0 Å². The molecule has 0 aliphatic heterocycles. The van der Waals surface area contributed by atoms with Gasteiger partial charge in [-0.05, 0) is 30.5 Å². The predicted molar refractivity (Wildman–Crippen MR) is 53.3 cm³/mol. The Morgan fingerprint density at radius 1 is 1.36 bits per heavy atom. The van der Waals surface area contributed by atoms with Crippen molar-refractivity contribution in [1.82, 2.24) is 0 Å². The number of aryl methyl sites for hydroxylation is 1. The zero-order valence-electron chi connectivity index (χ0n) is 7.90. The number of hydrogen-bond acceptors (Lipinski definition) is 2. The summed E-state index contributed by atoms with van der Waals surface area (Å²) in [5, 5.41) is 8.38. The van der Waals surface area contributed by atoms with E-state index in [1.807, 2.05) is 12.1 Å². The van der Waals surface area contributed by atoms with E-state index in [1.54, 1.807) is 12.1 Å². The average molecular weight is 193 g/mol. The van der Waals surface area contributed by atoms with Crippen molar-refractivity contribution >= 4 is 5.97 Å². The number of hydrogen-bond donors (Lipinski definition) is 1. The monoisotopic (exact) mass is 193 g/mol. The quantitative estimate of drug-likeness (QED) is 0.777. The van der Waals surface area contributed by atoms with Gasteiger partial charge in [0.25, 0.3) is 0 Å². The summed E-state index contributed by atoms with van der Waals surface area (Å²) in [6, 6.07) is 7.38. The van der Waals surface area contributed by atoms with Gasteiger partial charge in [0.1, 0.15) is 5.75 Å². The van der Waals surface area contributed by atoms with E-state index < -0.39 is 5.97 Å². The lowest BCUT2D eigenvalue weighted by Crippen LogP contribution is -2.09. The molecule has 75 valence electrons. The van der Waals surface area contributed by atoms with Crippen LogP contribution in [0.2, 0.25) is 0 Å². The minimum absolute atomic E-state index is 0.297. The fourth-order valence-corrected chi connectivity index (χ4v) is 1.10. The normalized spacial score (nSPS) is 9.79. The van der Waals surface area contributed by atoms with E-state index in [0.29, 0.717) is 5.75 Å². The number of carboxylic acids is 1. The van der Waals surface area contributed by atoms with Crippen LogP contribution in [0.1, 0.15) is 12.0 Å². The highest BCUT2D eigenvalue weighted by atomic mass is 16.5. The Labute approximate surface area is 83.3 Å². The van der Waals surface area contributed by atoms with E-state index in [-0.39, 0.29) is 6.61 Å². The van der Waals surface area contributed by atoms with Gasteiger partial charge in [-0.25, -0.2) is 4.79 Å². The third-order valence-corrected chi connectivity index (χ3v) is 1.75. The molecule has 0 unspecified atom stereocenters. The van der Waals surface area contributed by atoms with E-state index in [4.69, 9.17) is 9.84 Å². The molecule has 3 nitrogen and oxygen atoms in total. The Hall–Kier alpha value is -1.51. The molecule has 0 fully saturated rings. The van der Waals surface area contributed by atoms with E-state index in [0.717, 1.165) is 12.8 Å². The lowest BCUT2D eigenvalue weighted by molar-refractivity contribution is -0.139. The van der Waals surface area contributed by atoms with Crippen molar-refractivity contribution in [2.24, 2.45) is 0 Å². The van der Waals surface area contributed by atoms with Crippen molar-refractivity contribution in [3.05, 3.63) is 36.8 Å². The molecular formula is C11H13O3. The molecule has 1 rings (SSSR count). The molecule has 0 heterocycles. The van der Waals surface area contributed by atoms with Crippen LogP contribution >= 0.6 is 0 Å². The Bertz CT molecular complexity index is 290. The van der Waals surface area contributed by atoms with Crippen molar-refractivity contribution in [3.8, 4) is 5.75 Å². The van der Waals surface area contributed by atoms with E-state index >= 15 is 0 Å². The summed E-state index contributed by atoms with van der Waals surface area (Å²) in [5.74, 6) is -0.382. The maximum atomic E-state index is 10.2. The van der Waals surface area contributed by atoms with Gasteiger partial charge in [-0.2, -0.15) is 0 Å². The molecule has 0 amide bonds. The summed E-state index contributed by atoms with van der Waals surface area (Å²) in [4.78, 5) is 10.2. The maximum absolute atomic E-state index is 10.2. The molecule has 0 aliphatic carbocycles. The first-order valence-electron chi connectivity index (χ1n) is 4.45. The molecule has 1 N–H and O–H groups in total. The Kier molecular flexibility index (Phi) is 3.98. The first kappa shape index (κ1) is 10.6. The van der Waals surface area contributed by atoms with Crippen molar-refractivity contribution < 1.29 is 14.6 Å². The minimum atomic E-state index is -0.966. The first-order valence-corrected chi connectivity index (χ1v) is 4.45. The highest BCUT2D eigenvalue weighted by Crippen LogP contribution is 2.12. The summed E-state index contributed by atoms with van der Waals surface area (Å²) < 4.78 is 4.99. The molecule has 1 aromatic carbocycles. The maximum Gasteiger partial charge on any atom is 0.341 e. The SMILES string of the molecule is [CH2]CCc1ccc(OCC(=O)O)cc1. The summed E-state index contributed by atoms with van der Waals surface area (Å²) in [5.41, 5.74) is 1.18. The third-order valence-electron chi connectivity index (χ3n) is 1.75. The lowest BCUT2D eigenvalue weighted by atomic mass is 10.1. The molecule has 0 aromatic heterocycles. The first-order chi connectivity index (χ1) is 6.72. The Balaban J connectivity index is 2.50. The standard InChI is InChI=1S/C11H13O3/c1-2-3-9-4-6-10(7-5-9)14-8-11(12)13/h4-7H,1-3,8H2,(H,12,13). The molecule has 14 heavy (non-hydrogen) atoms. The number of ether oxygens (including phenoxy) is 1. The fourth-order valence-electron chi connectivity index (χ4n) is 1.10. The summed E-state index contributed by atoms with van der Waals surface area (Å²) >= 11 is 0. The van der Waals surface area contributed by atoms with Gasteiger partial charge in [0, 0.05) is 0 Å². The van der Waals surface area contributed by atoms with Crippen LogP contribution in [-0.2, 0) is 11.2 Å². The van der Waals surface area contributed by atoms with Crippen LogP contribution in [0.15, 0.2) is 24.3 Å². The van der Waals surface area contributed by atoms with Crippen molar-refractivity contribution in [2.45, 2.75) is 12.8 Å². The van der Waals surface area contributed by atoms with Crippen molar-refractivity contribution in [2.75, 3.05) is 6.61 Å². The fraction of sp³-hybridized carbons (Fsp3) is 0.273. The Morgan fingerprint density at radius 3 is 2.50 bits per heavy atom. The van der Waals surface area contributed by atoms with Gasteiger partial charge >= 0.3 is 5.97 Å². The zero-order chi connectivity index (χ0) is 10.4. The van der Waals surface area contributed by atoms with Gasteiger partial charge in [-0.15, -0.1) is 0 Å². The number of benzene rings is 1. The lowest BCUT2D eigenvalue weighted by Gasteiger charge is -2.03. The molecule has 1 radical (unpaired) electrons. The minimum Gasteiger partial charge on any atom is -0.482 e. The van der Waals surface area contributed by atoms with Crippen LogP contribution in [0, 0.1) is 6.92 Å². The van der Waals surface area contributed by atoms with Gasteiger partial charge in [0.15, 0.2) is 6.61 Å². The number of aliphatic carboxylic acids is 1. The highest BCUT2D eigenvalue weighted by Gasteiger charge is 1.98. The van der Waals surface area contributed by atoms with E-state index in [9.17, 15) is 4.79 Å². The summed E-state index contributed by atoms with van der Waals surface area (Å²) in [6.07, 6.45) is 1.79. The number of carboxylic acid groups (broad SMARTS) is 1. The second kappa shape index (κ2) is 5.27. The molecule has 1 aromatic rings. The summed E-state index contributed by atoms with van der Waals surface area (Å²) in [7, 11) is 0.